The third-order valence-corrected chi connectivity index (χ3v) is 9.01. The van der Waals surface area contributed by atoms with Crippen molar-refractivity contribution in [1.82, 2.24) is 19.7 Å². The average molecular weight is 708 g/mol. The number of aliphatic carboxylic acids is 1. The fourth-order valence-electron chi connectivity index (χ4n) is 5.54. The molecule has 3 aromatic carbocycles. The van der Waals surface area contributed by atoms with Crippen LogP contribution in [0.4, 0.5) is 18.9 Å². The molecule has 14 heteroatoms. The van der Waals surface area contributed by atoms with Gasteiger partial charge in [0.25, 0.3) is 0 Å². The normalized spacial score (nSPS) is 12.8. The summed E-state index contributed by atoms with van der Waals surface area (Å²) >= 11 is 7.31. The lowest BCUT2D eigenvalue weighted by atomic mass is 9.91. The smallest absolute Gasteiger partial charge is 0.471 e. The molecule has 0 saturated carbocycles. The van der Waals surface area contributed by atoms with Crippen LogP contribution in [-0.2, 0) is 21.4 Å². The van der Waals surface area contributed by atoms with Gasteiger partial charge in [0.05, 0.1) is 38.9 Å². The number of carboxylic acid groups (broad SMARTS) is 1. The number of pyridine rings is 1. The molecule has 9 nitrogen and oxygen atoms in total. The van der Waals surface area contributed by atoms with Gasteiger partial charge in [0, 0.05) is 34.1 Å². The van der Waals surface area contributed by atoms with Crippen molar-refractivity contribution >= 4 is 61.6 Å². The summed E-state index contributed by atoms with van der Waals surface area (Å²) in [6.07, 6.45) is -4.83. The first kappa shape index (κ1) is 34.0. The highest BCUT2D eigenvalue weighted by atomic mass is 35.5. The number of hydrogen-bond donors (Lipinski definition) is 2. The van der Waals surface area contributed by atoms with Gasteiger partial charge < -0.3 is 15.2 Å². The third-order valence-electron chi connectivity index (χ3n) is 7.66. The van der Waals surface area contributed by atoms with Crippen molar-refractivity contribution < 1.29 is 32.6 Å². The molecule has 3 heterocycles. The lowest BCUT2D eigenvalue weighted by Gasteiger charge is -2.28. The molecule has 252 valence electrons. The maximum atomic E-state index is 13.4. The molecule has 49 heavy (non-hydrogen) atoms. The Morgan fingerprint density at radius 2 is 1.69 bits per heavy atom. The van der Waals surface area contributed by atoms with Crippen LogP contribution in [-0.4, -0.2) is 48.5 Å². The van der Waals surface area contributed by atoms with Crippen LogP contribution in [0.2, 0.25) is 5.02 Å². The highest BCUT2D eigenvalue weighted by Crippen LogP contribution is 2.45. The molecular weight excluding hydrogens is 679 g/mol. The molecule has 0 aliphatic rings. The number of aryl methyl sites for hydroxylation is 2. The molecule has 0 aliphatic heterocycles. The summed E-state index contributed by atoms with van der Waals surface area (Å²) in [6.45, 7) is 7.01. The van der Waals surface area contributed by atoms with E-state index in [4.69, 9.17) is 26.3 Å². The molecule has 3 aromatic heterocycles. The fraction of sp³-hybridized carbons (Fsp3) is 0.229. The molecule has 6 rings (SSSR count). The number of nitrogens with zero attached hydrogens (tertiary/aromatic N) is 4. The second-order valence-corrected chi connectivity index (χ2v) is 13.8. The van der Waals surface area contributed by atoms with Crippen LogP contribution in [0.1, 0.15) is 38.0 Å². The zero-order chi connectivity index (χ0) is 35.4. The highest BCUT2D eigenvalue weighted by molar-refractivity contribution is 7.22. The van der Waals surface area contributed by atoms with E-state index in [0.29, 0.717) is 48.8 Å². The number of benzene rings is 3. The number of rotatable bonds is 7. The van der Waals surface area contributed by atoms with Crippen molar-refractivity contribution in [2.24, 2.45) is 7.05 Å². The minimum absolute atomic E-state index is 0.00423. The zero-order valence-electron chi connectivity index (χ0n) is 26.8. The predicted molar refractivity (Wildman–Crippen MR) is 184 cm³/mol. The Balaban J connectivity index is 1.60. The lowest BCUT2D eigenvalue weighted by Crippen LogP contribution is -2.30. The van der Waals surface area contributed by atoms with Gasteiger partial charge in [0.15, 0.2) is 6.10 Å². The molecule has 1 amide bonds. The van der Waals surface area contributed by atoms with E-state index in [1.807, 2.05) is 30.6 Å². The van der Waals surface area contributed by atoms with Gasteiger partial charge in [0.1, 0.15) is 10.7 Å². The van der Waals surface area contributed by atoms with Gasteiger partial charge in [0.2, 0.25) is 0 Å². The van der Waals surface area contributed by atoms with Gasteiger partial charge in [-0.3, -0.25) is 9.48 Å². The van der Waals surface area contributed by atoms with E-state index in [0.717, 1.165) is 22.2 Å². The summed E-state index contributed by atoms with van der Waals surface area (Å²) in [5.74, 6) is -3.36. The number of amides is 1. The second kappa shape index (κ2) is 12.6. The number of thiazole rings is 1. The number of halogens is 4. The largest absolute Gasteiger partial charge is 0.479 e. The number of nitrogens with one attached hydrogen (secondary N) is 1. The van der Waals surface area contributed by atoms with Crippen molar-refractivity contribution in [3.63, 3.8) is 0 Å². The average Bonchev–Trinajstić information content (AvgIpc) is 3.61. The summed E-state index contributed by atoms with van der Waals surface area (Å²) in [7, 11) is 1.81. The highest BCUT2D eigenvalue weighted by Gasteiger charge is 2.39. The number of hydrogen-bond acceptors (Lipinski definition) is 7. The molecule has 0 radical (unpaired) electrons. The molecule has 0 fully saturated rings. The van der Waals surface area contributed by atoms with Crippen LogP contribution in [0.15, 0.2) is 66.9 Å². The van der Waals surface area contributed by atoms with Gasteiger partial charge >= 0.3 is 18.1 Å². The summed E-state index contributed by atoms with van der Waals surface area (Å²) in [6, 6.07) is 17.0. The van der Waals surface area contributed by atoms with Crippen molar-refractivity contribution in [1.29, 1.82) is 0 Å². The Kier molecular flexibility index (Phi) is 8.72. The number of aromatic nitrogens is 4. The van der Waals surface area contributed by atoms with Gasteiger partial charge in [-0.1, -0.05) is 29.8 Å². The van der Waals surface area contributed by atoms with Crippen LogP contribution in [0.3, 0.4) is 0 Å². The van der Waals surface area contributed by atoms with E-state index in [1.165, 1.54) is 12.1 Å². The Hall–Kier alpha value is -4.85. The van der Waals surface area contributed by atoms with Gasteiger partial charge in [-0.2, -0.15) is 18.3 Å². The molecule has 0 bridgehead atoms. The number of carboxylic acids is 1. The van der Waals surface area contributed by atoms with E-state index >= 15 is 0 Å². The second-order valence-electron chi connectivity index (χ2n) is 12.4. The molecule has 1 unspecified atom stereocenters. The van der Waals surface area contributed by atoms with Crippen molar-refractivity contribution in [3.05, 3.63) is 83.0 Å². The summed E-state index contributed by atoms with van der Waals surface area (Å²) in [5, 5.41) is 18.1. The Morgan fingerprint density at radius 3 is 2.35 bits per heavy atom. The van der Waals surface area contributed by atoms with E-state index in [1.54, 1.807) is 68.9 Å². The summed E-state index contributed by atoms with van der Waals surface area (Å²) in [4.78, 5) is 34.4. The van der Waals surface area contributed by atoms with Gasteiger partial charge in [-0.15, -0.1) is 11.3 Å². The van der Waals surface area contributed by atoms with E-state index in [9.17, 15) is 27.9 Å². The zero-order valence-corrected chi connectivity index (χ0v) is 28.4. The molecule has 2 N–H and O–H groups in total. The van der Waals surface area contributed by atoms with Crippen LogP contribution < -0.4 is 5.32 Å². The number of fused-ring (bicyclic) bond motifs is 2. The maximum absolute atomic E-state index is 13.4. The Morgan fingerprint density at radius 1 is 1.00 bits per heavy atom. The molecular formula is C35H29ClF3N5O4S. The SMILES string of the molecule is Cc1cc2nc(-c3nc(-c4ccc5c(cnn5C)c4)ccc3NC(=O)C(F)(F)F)sc2c(-c2ccc(Cl)cc2)c1C(OC(C)(C)C)C(=O)O. The van der Waals surface area contributed by atoms with Crippen LogP contribution in [0.5, 0.6) is 0 Å². The van der Waals surface area contributed by atoms with E-state index < -0.39 is 29.8 Å². The quantitative estimate of drug-likeness (QED) is 0.170. The first-order chi connectivity index (χ1) is 23.0. The summed E-state index contributed by atoms with van der Waals surface area (Å²) in [5.41, 5.74) is 3.51. The molecule has 0 saturated heterocycles. The number of anilines is 1. The van der Waals surface area contributed by atoms with Crippen LogP contribution in [0, 0.1) is 6.92 Å². The van der Waals surface area contributed by atoms with Gasteiger partial charge in [-0.05, 0) is 81.3 Å². The summed E-state index contributed by atoms with van der Waals surface area (Å²) < 4.78 is 48.6. The van der Waals surface area contributed by atoms with Crippen LogP contribution in [0.25, 0.3) is 54.2 Å². The standard InChI is InChI=1S/C35H29ClF3N5O4S/c1-17-14-24-30(27(18-6-9-21(36)10-7-18)26(17)29(32(45)46)48-34(2,3)4)49-31(42-24)28-23(43-33(47)35(37,38)39)12-11-22(41-28)19-8-13-25-20(15-19)16-40-44(25)5/h6-16,29H,1-5H3,(H,43,47)(H,45,46). The number of alkyl halides is 3. The maximum Gasteiger partial charge on any atom is 0.471 e. The molecule has 0 aliphatic carbocycles. The Labute approximate surface area is 287 Å². The van der Waals surface area contributed by atoms with E-state index in [2.05, 4.69) is 5.10 Å². The first-order valence-corrected chi connectivity index (χ1v) is 16.1. The first-order valence-electron chi connectivity index (χ1n) is 14.9. The predicted octanol–water partition coefficient (Wildman–Crippen LogP) is 8.98. The number of carbonyl (C=O) groups is 2. The molecule has 1 atom stereocenters. The third kappa shape index (κ3) is 6.87. The van der Waals surface area contributed by atoms with Crippen molar-refractivity contribution in [3.8, 4) is 33.1 Å². The fourth-order valence-corrected chi connectivity index (χ4v) is 6.79. The minimum Gasteiger partial charge on any atom is -0.479 e. The minimum atomic E-state index is -5.15. The van der Waals surface area contributed by atoms with Crippen molar-refractivity contribution in [2.45, 2.75) is 45.6 Å². The lowest BCUT2D eigenvalue weighted by molar-refractivity contribution is -0.167. The van der Waals surface area contributed by atoms with Crippen LogP contribution >= 0.6 is 22.9 Å². The van der Waals surface area contributed by atoms with E-state index in [-0.39, 0.29) is 16.4 Å². The van der Waals surface area contributed by atoms with Crippen molar-refractivity contribution in [2.75, 3.05) is 5.32 Å². The number of carbonyl (C=O) groups excluding carboxylic acids is 1. The number of ether oxygens (including phenoxy) is 1. The Bertz CT molecular complexity index is 2260. The topological polar surface area (TPSA) is 119 Å². The molecule has 0 spiro atoms. The molecule has 6 aromatic rings. The van der Waals surface area contributed by atoms with Gasteiger partial charge in [-0.25, -0.2) is 14.8 Å². The monoisotopic (exact) mass is 707 g/mol.